The SMILES string of the molecule is CCCCCN(CCCCC)CCNc1ccc(Cl)c(Cl)c1. The first-order valence-corrected chi connectivity index (χ1v) is 9.34. The first-order chi connectivity index (χ1) is 10.7. The summed E-state index contributed by atoms with van der Waals surface area (Å²) < 4.78 is 0. The third kappa shape index (κ3) is 8.26. The van der Waals surface area contributed by atoms with E-state index < -0.39 is 0 Å². The molecule has 1 rings (SSSR count). The lowest BCUT2D eigenvalue weighted by atomic mass is 10.2. The molecule has 0 fully saturated rings. The summed E-state index contributed by atoms with van der Waals surface area (Å²) in [6, 6.07) is 5.71. The van der Waals surface area contributed by atoms with E-state index in [0.717, 1.165) is 18.8 Å². The maximum Gasteiger partial charge on any atom is 0.0612 e. The van der Waals surface area contributed by atoms with Gasteiger partial charge >= 0.3 is 0 Å². The van der Waals surface area contributed by atoms with Crippen molar-refractivity contribution < 1.29 is 0 Å². The average Bonchev–Trinajstić information content (AvgIpc) is 2.51. The van der Waals surface area contributed by atoms with Crippen LogP contribution in [0, 0.1) is 0 Å². The lowest BCUT2D eigenvalue weighted by Gasteiger charge is -2.22. The molecule has 0 unspecified atom stereocenters. The van der Waals surface area contributed by atoms with Crippen LogP contribution >= 0.6 is 23.2 Å². The zero-order valence-corrected chi connectivity index (χ0v) is 15.5. The van der Waals surface area contributed by atoms with Gasteiger partial charge in [-0.25, -0.2) is 0 Å². The summed E-state index contributed by atoms with van der Waals surface area (Å²) in [5.41, 5.74) is 1.04. The molecule has 0 aliphatic carbocycles. The highest BCUT2D eigenvalue weighted by atomic mass is 35.5. The number of nitrogens with zero attached hydrogens (tertiary/aromatic N) is 1. The average molecular weight is 345 g/mol. The molecule has 0 heterocycles. The van der Waals surface area contributed by atoms with Gasteiger partial charge in [0.1, 0.15) is 0 Å². The molecule has 126 valence electrons. The second-order valence-electron chi connectivity index (χ2n) is 5.81. The molecule has 0 radical (unpaired) electrons. The molecule has 0 saturated carbocycles. The summed E-state index contributed by atoms with van der Waals surface area (Å²) in [4.78, 5) is 2.58. The maximum atomic E-state index is 6.04. The van der Waals surface area contributed by atoms with Gasteiger partial charge in [-0.1, -0.05) is 62.7 Å². The normalized spacial score (nSPS) is 11.1. The highest BCUT2D eigenvalue weighted by Gasteiger charge is 2.05. The zero-order valence-electron chi connectivity index (χ0n) is 14.0. The van der Waals surface area contributed by atoms with Crippen molar-refractivity contribution >= 4 is 28.9 Å². The van der Waals surface area contributed by atoms with Crippen LogP contribution in [0.15, 0.2) is 18.2 Å². The van der Waals surface area contributed by atoms with Gasteiger partial charge in [-0.05, 0) is 44.1 Å². The summed E-state index contributed by atoms with van der Waals surface area (Å²) in [6.45, 7) is 8.95. The Hall–Kier alpha value is -0.440. The second-order valence-corrected chi connectivity index (χ2v) is 6.63. The minimum absolute atomic E-state index is 0.605. The minimum Gasteiger partial charge on any atom is -0.384 e. The van der Waals surface area contributed by atoms with Crippen LogP contribution in [0.1, 0.15) is 52.4 Å². The largest absolute Gasteiger partial charge is 0.384 e. The topological polar surface area (TPSA) is 15.3 Å². The fraction of sp³-hybridized carbons (Fsp3) is 0.667. The number of benzene rings is 1. The van der Waals surface area contributed by atoms with E-state index in [1.54, 1.807) is 0 Å². The van der Waals surface area contributed by atoms with Crippen LogP contribution in [0.3, 0.4) is 0 Å². The molecule has 2 nitrogen and oxygen atoms in total. The first-order valence-electron chi connectivity index (χ1n) is 8.58. The quantitative estimate of drug-likeness (QED) is 0.461. The molecule has 0 amide bonds. The van der Waals surface area contributed by atoms with E-state index in [1.807, 2.05) is 18.2 Å². The third-order valence-electron chi connectivity index (χ3n) is 3.83. The van der Waals surface area contributed by atoms with Gasteiger partial charge < -0.3 is 10.2 Å². The molecule has 0 saturated heterocycles. The number of nitrogens with one attached hydrogen (secondary N) is 1. The van der Waals surface area contributed by atoms with Gasteiger partial charge in [0.05, 0.1) is 10.0 Å². The smallest absolute Gasteiger partial charge is 0.0612 e. The zero-order chi connectivity index (χ0) is 16.2. The molecule has 1 N–H and O–H groups in total. The molecule has 0 bridgehead atoms. The maximum absolute atomic E-state index is 6.04. The lowest BCUT2D eigenvalue weighted by molar-refractivity contribution is 0.271. The van der Waals surface area contributed by atoms with Crippen LogP contribution < -0.4 is 5.32 Å². The molecule has 1 aromatic rings. The van der Waals surface area contributed by atoms with Crippen molar-refractivity contribution in [2.45, 2.75) is 52.4 Å². The van der Waals surface area contributed by atoms with E-state index >= 15 is 0 Å². The number of halogens is 2. The first kappa shape index (κ1) is 19.6. The molecule has 0 aliphatic rings. The summed E-state index contributed by atoms with van der Waals surface area (Å²) in [5.74, 6) is 0. The lowest BCUT2D eigenvalue weighted by Crippen LogP contribution is -2.31. The van der Waals surface area contributed by atoms with Gasteiger partial charge in [0.15, 0.2) is 0 Å². The standard InChI is InChI=1S/C18H30Cl2N2/c1-3-5-7-12-22(13-8-6-4-2)14-11-21-16-9-10-17(19)18(20)15-16/h9-10,15,21H,3-8,11-14H2,1-2H3. The predicted octanol–water partition coefficient (Wildman–Crippen LogP) is 6.09. The van der Waals surface area contributed by atoms with E-state index in [0.29, 0.717) is 10.0 Å². The van der Waals surface area contributed by atoms with Gasteiger partial charge in [0, 0.05) is 18.8 Å². The number of hydrogen-bond donors (Lipinski definition) is 1. The molecule has 0 spiro atoms. The monoisotopic (exact) mass is 344 g/mol. The van der Waals surface area contributed by atoms with E-state index in [2.05, 4.69) is 24.1 Å². The Bertz CT molecular complexity index is 400. The van der Waals surface area contributed by atoms with Crippen molar-refractivity contribution in [3.63, 3.8) is 0 Å². The van der Waals surface area contributed by atoms with E-state index in [1.165, 1.54) is 51.6 Å². The van der Waals surface area contributed by atoms with Gasteiger partial charge in [-0.15, -0.1) is 0 Å². The van der Waals surface area contributed by atoms with Crippen LogP contribution in [0.4, 0.5) is 5.69 Å². The Morgan fingerprint density at radius 2 is 1.50 bits per heavy atom. The van der Waals surface area contributed by atoms with Gasteiger partial charge in [-0.2, -0.15) is 0 Å². The van der Waals surface area contributed by atoms with Crippen molar-refractivity contribution in [2.75, 3.05) is 31.5 Å². The predicted molar refractivity (Wildman–Crippen MR) is 100 cm³/mol. The highest BCUT2D eigenvalue weighted by molar-refractivity contribution is 6.42. The van der Waals surface area contributed by atoms with Crippen LogP contribution in [0.5, 0.6) is 0 Å². The van der Waals surface area contributed by atoms with E-state index in [-0.39, 0.29) is 0 Å². The molecule has 0 aromatic heterocycles. The fourth-order valence-corrected chi connectivity index (χ4v) is 2.77. The van der Waals surface area contributed by atoms with Gasteiger partial charge in [0.25, 0.3) is 0 Å². The van der Waals surface area contributed by atoms with E-state index in [4.69, 9.17) is 23.2 Å². The highest BCUT2D eigenvalue weighted by Crippen LogP contribution is 2.24. The van der Waals surface area contributed by atoms with Gasteiger partial charge in [0.2, 0.25) is 0 Å². The number of unbranched alkanes of at least 4 members (excludes halogenated alkanes) is 4. The van der Waals surface area contributed by atoms with Crippen LogP contribution in [0.2, 0.25) is 10.0 Å². The van der Waals surface area contributed by atoms with Crippen molar-refractivity contribution in [1.29, 1.82) is 0 Å². The number of anilines is 1. The van der Waals surface area contributed by atoms with Crippen LogP contribution in [-0.2, 0) is 0 Å². The summed E-state index contributed by atoms with van der Waals surface area (Å²) in [5, 5.41) is 4.65. The molecular formula is C18H30Cl2N2. The summed E-state index contributed by atoms with van der Waals surface area (Å²) >= 11 is 12.0. The molecule has 22 heavy (non-hydrogen) atoms. The Morgan fingerprint density at radius 3 is 2.05 bits per heavy atom. The van der Waals surface area contributed by atoms with Crippen molar-refractivity contribution in [3.05, 3.63) is 28.2 Å². The van der Waals surface area contributed by atoms with Crippen LogP contribution in [-0.4, -0.2) is 31.1 Å². The molecule has 4 heteroatoms. The van der Waals surface area contributed by atoms with E-state index in [9.17, 15) is 0 Å². The Morgan fingerprint density at radius 1 is 0.864 bits per heavy atom. The minimum atomic E-state index is 0.605. The Kier molecular flexibility index (Phi) is 10.7. The number of rotatable bonds is 12. The number of hydrogen-bond acceptors (Lipinski definition) is 2. The van der Waals surface area contributed by atoms with Crippen molar-refractivity contribution in [3.8, 4) is 0 Å². The third-order valence-corrected chi connectivity index (χ3v) is 4.57. The Balaban J connectivity index is 2.35. The summed E-state index contributed by atoms with van der Waals surface area (Å²) in [7, 11) is 0. The van der Waals surface area contributed by atoms with Crippen molar-refractivity contribution in [1.82, 2.24) is 4.90 Å². The molecule has 0 aliphatic heterocycles. The summed E-state index contributed by atoms with van der Waals surface area (Å²) in [6.07, 6.45) is 7.81. The molecule has 0 atom stereocenters. The second kappa shape index (κ2) is 12.0. The Labute approximate surface area is 146 Å². The fourth-order valence-electron chi connectivity index (χ4n) is 2.47. The molecule has 1 aromatic carbocycles. The molecular weight excluding hydrogens is 315 g/mol. The van der Waals surface area contributed by atoms with Gasteiger partial charge in [-0.3, -0.25) is 0 Å². The van der Waals surface area contributed by atoms with Crippen LogP contribution in [0.25, 0.3) is 0 Å². The van der Waals surface area contributed by atoms with Crippen molar-refractivity contribution in [2.24, 2.45) is 0 Å².